The van der Waals surface area contributed by atoms with E-state index in [2.05, 4.69) is 20.0 Å². The topological polar surface area (TPSA) is 105 Å². The number of hydrogen-bond donors (Lipinski definition) is 4. The van der Waals surface area contributed by atoms with Gasteiger partial charge in [-0.2, -0.15) is 0 Å². The second-order valence-electron chi connectivity index (χ2n) is 7.41. The number of anilines is 2. The highest BCUT2D eigenvalue weighted by Crippen LogP contribution is 2.23. The predicted octanol–water partition coefficient (Wildman–Crippen LogP) is 4.65. The SMILES string of the molecule is COc1ccc(SNc2ccc(CC(=O)NCc3ccc(-c4cnc(N)[nH]4)cc3)cc2)cc1. The van der Waals surface area contributed by atoms with Crippen LogP contribution in [-0.4, -0.2) is 23.0 Å². The van der Waals surface area contributed by atoms with Gasteiger partial charge in [0.05, 0.1) is 25.4 Å². The van der Waals surface area contributed by atoms with Crippen LogP contribution in [0.5, 0.6) is 5.75 Å². The summed E-state index contributed by atoms with van der Waals surface area (Å²) in [4.78, 5) is 20.4. The Bertz CT molecular complexity index is 1190. The Kier molecular flexibility index (Phi) is 7.16. The summed E-state index contributed by atoms with van der Waals surface area (Å²) in [7, 11) is 1.65. The molecule has 0 aliphatic heterocycles. The highest BCUT2D eigenvalue weighted by Gasteiger charge is 2.06. The lowest BCUT2D eigenvalue weighted by Crippen LogP contribution is -2.24. The van der Waals surface area contributed by atoms with Gasteiger partial charge in [0.25, 0.3) is 0 Å². The van der Waals surface area contributed by atoms with Gasteiger partial charge in [-0.05, 0) is 65.0 Å². The van der Waals surface area contributed by atoms with Crippen LogP contribution in [0.2, 0.25) is 0 Å². The third-order valence-electron chi connectivity index (χ3n) is 5.01. The molecule has 0 spiro atoms. The van der Waals surface area contributed by atoms with Crippen molar-refractivity contribution in [2.45, 2.75) is 17.9 Å². The molecule has 3 aromatic carbocycles. The predicted molar refractivity (Wildman–Crippen MR) is 133 cm³/mol. The number of nitrogens with zero attached hydrogens (tertiary/aromatic N) is 1. The van der Waals surface area contributed by atoms with Crippen LogP contribution in [0.15, 0.2) is 83.9 Å². The number of hydrogen-bond acceptors (Lipinski definition) is 6. The molecule has 0 unspecified atom stereocenters. The summed E-state index contributed by atoms with van der Waals surface area (Å²) in [5, 5.41) is 2.97. The number of methoxy groups -OCH3 is 1. The van der Waals surface area contributed by atoms with Crippen molar-refractivity contribution in [2.75, 3.05) is 17.6 Å². The van der Waals surface area contributed by atoms with Gasteiger partial charge >= 0.3 is 0 Å². The van der Waals surface area contributed by atoms with Crippen molar-refractivity contribution in [3.63, 3.8) is 0 Å². The third-order valence-corrected chi connectivity index (χ3v) is 5.86. The van der Waals surface area contributed by atoms with E-state index in [0.29, 0.717) is 18.9 Å². The normalized spacial score (nSPS) is 10.6. The molecule has 5 N–H and O–H groups in total. The van der Waals surface area contributed by atoms with Gasteiger partial charge in [-0.1, -0.05) is 36.4 Å². The van der Waals surface area contributed by atoms with Crippen molar-refractivity contribution in [1.82, 2.24) is 15.3 Å². The number of imidazole rings is 1. The van der Waals surface area contributed by atoms with E-state index in [0.717, 1.165) is 38.7 Å². The number of carbonyl (C=O) groups excluding carboxylic acids is 1. The van der Waals surface area contributed by atoms with Crippen LogP contribution in [0.1, 0.15) is 11.1 Å². The van der Waals surface area contributed by atoms with Gasteiger partial charge in [0.2, 0.25) is 5.91 Å². The monoisotopic (exact) mass is 459 g/mol. The standard InChI is InChI=1S/C25H25N5O2S/c1-32-21-10-12-22(13-11-21)33-30-20-8-4-17(5-9-20)14-24(31)27-15-18-2-6-19(7-3-18)23-16-28-25(26)29-23/h2-13,16,30H,14-15H2,1H3,(H,27,31)(H3,26,28,29). The molecular weight excluding hydrogens is 434 g/mol. The van der Waals surface area contributed by atoms with E-state index in [9.17, 15) is 4.79 Å². The molecule has 0 radical (unpaired) electrons. The van der Waals surface area contributed by atoms with E-state index >= 15 is 0 Å². The molecule has 0 fully saturated rings. The van der Waals surface area contributed by atoms with Gasteiger partial charge in [-0.3, -0.25) is 4.79 Å². The molecule has 1 aromatic heterocycles. The first-order valence-electron chi connectivity index (χ1n) is 10.4. The van der Waals surface area contributed by atoms with E-state index in [1.54, 1.807) is 13.3 Å². The van der Waals surface area contributed by atoms with E-state index in [1.165, 1.54) is 11.9 Å². The molecular formula is C25H25N5O2S. The molecule has 0 saturated carbocycles. The Labute approximate surface area is 196 Å². The smallest absolute Gasteiger partial charge is 0.224 e. The second kappa shape index (κ2) is 10.6. The Hall–Kier alpha value is -3.91. The fourth-order valence-electron chi connectivity index (χ4n) is 3.19. The maximum Gasteiger partial charge on any atom is 0.224 e. The number of rotatable bonds is 9. The van der Waals surface area contributed by atoms with Gasteiger partial charge in [0.15, 0.2) is 5.95 Å². The zero-order valence-electron chi connectivity index (χ0n) is 18.2. The molecule has 33 heavy (non-hydrogen) atoms. The molecule has 1 amide bonds. The minimum Gasteiger partial charge on any atom is -0.497 e. The van der Waals surface area contributed by atoms with Crippen LogP contribution in [0.3, 0.4) is 0 Å². The minimum absolute atomic E-state index is 0.0197. The van der Waals surface area contributed by atoms with Crippen LogP contribution in [0.25, 0.3) is 11.3 Å². The molecule has 8 heteroatoms. The van der Waals surface area contributed by atoms with Gasteiger partial charge < -0.3 is 25.5 Å². The van der Waals surface area contributed by atoms with E-state index in [-0.39, 0.29) is 5.91 Å². The maximum atomic E-state index is 12.4. The van der Waals surface area contributed by atoms with Crippen molar-refractivity contribution < 1.29 is 9.53 Å². The van der Waals surface area contributed by atoms with Crippen LogP contribution >= 0.6 is 11.9 Å². The molecule has 7 nitrogen and oxygen atoms in total. The van der Waals surface area contributed by atoms with Crippen molar-refractivity contribution in [3.8, 4) is 17.0 Å². The van der Waals surface area contributed by atoms with Crippen molar-refractivity contribution in [3.05, 3.63) is 90.1 Å². The van der Waals surface area contributed by atoms with Gasteiger partial charge in [0, 0.05) is 17.1 Å². The number of aromatic nitrogens is 2. The number of amides is 1. The number of ether oxygens (including phenoxy) is 1. The van der Waals surface area contributed by atoms with Crippen molar-refractivity contribution in [2.24, 2.45) is 0 Å². The number of nitrogens with two attached hydrogens (primary N) is 1. The summed E-state index contributed by atoms with van der Waals surface area (Å²) in [5.41, 5.74) is 10.4. The summed E-state index contributed by atoms with van der Waals surface area (Å²) in [5.74, 6) is 1.20. The minimum atomic E-state index is -0.0197. The van der Waals surface area contributed by atoms with Crippen LogP contribution in [0.4, 0.5) is 11.6 Å². The lowest BCUT2D eigenvalue weighted by Gasteiger charge is -2.09. The summed E-state index contributed by atoms with van der Waals surface area (Å²) in [6.45, 7) is 0.475. The van der Waals surface area contributed by atoms with Crippen LogP contribution in [0, 0.1) is 0 Å². The number of aromatic amines is 1. The quantitative estimate of drug-likeness (QED) is 0.272. The number of benzene rings is 3. The molecule has 168 valence electrons. The summed E-state index contributed by atoms with van der Waals surface area (Å²) < 4.78 is 8.48. The van der Waals surface area contributed by atoms with Crippen LogP contribution in [-0.2, 0) is 17.8 Å². The van der Waals surface area contributed by atoms with Gasteiger partial charge in [0.1, 0.15) is 5.75 Å². The average Bonchev–Trinajstić information content (AvgIpc) is 3.29. The Morgan fingerprint density at radius 2 is 1.70 bits per heavy atom. The Morgan fingerprint density at radius 3 is 2.33 bits per heavy atom. The largest absolute Gasteiger partial charge is 0.497 e. The number of H-pyrrole nitrogens is 1. The molecule has 0 aliphatic rings. The Balaban J connectivity index is 1.23. The highest BCUT2D eigenvalue weighted by molar-refractivity contribution is 8.00. The van der Waals surface area contributed by atoms with Gasteiger partial charge in [-0.25, -0.2) is 4.98 Å². The summed E-state index contributed by atoms with van der Waals surface area (Å²) in [6, 6.07) is 23.6. The summed E-state index contributed by atoms with van der Waals surface area (Å²) in [6.07, 6.45) is 2.03. The second-order valence-corrected chi connectivity index (χ2v) is 8.29. The number of nitrogens with one attached hydrogen (secondary N) is 3. The fourth-order valence-corrected chi connectivity index (χ4v) is 3.83. The molecule has 4 rings (SSSR count). The van der Waals surface area contributed by atoms with E-state index in [4.69, 9.17) is 10.5 Å². The first-order valence-corrected chi connectivity index (χ1v) is 11.2. The third kappa shape index (κ3) is 6.30. The molecule has 0 bridgehead atoms. The van der Waals surface area contributed by atoms with E-state index < -0.39 is 0 Å². The molecule has 0 atom stereocenters. The number of nitrogen functional groups attached to an aromatic ring is 1. The first kappa shape index (κ1) is 22.3. The highest BCUT2D eigenvalue weighted by atomic mass is 32.2. The molecule has 1 heterocycles. The molecule has 0 saturated heterocycles. The average molecular weight is 460 g/mol. The maximum absolute atomic E-state index is 12.4. The van der Waals surface area contributed by atoms with Crippen molar-refractivity contribution in [1.29, 1.82) is 0 Å². The lowest BCUT2D eigenvalue weighted by atomic mass is 10.1. The zero-order chi connectivity index (χ0) is 23.0. The molecule has 0 aliphatic carbocycles. The van der Waals surface area contributed by atoms with Crippen LogP contribution < -0.4 is 20.5 Å². The van der Waals surface area contributed by atoms with Gasteiger partial charge in [-0.15, -0.1) is 0 Å². The zero-order valence-corrected chi connectivity index (χ0v) is 19.0. The molecule has 4 aromatic rings. The summed E-state index contributed by atoms with van der Waals surface area (Å²) >= 11 is 1.52. The van der Waals surface area contributed by atoms with Crippen molar-refractivity contribution >= 4 is 29.5 Å². The van der Waals surface area contributed by atoms with E-state index in [1.807, 2.05) is 72.8 Å². The lowest BCUT2D eigenvalue weighted by molar-refractivity contribution is -0.120. The first-order chi connectivity index (χ1) is 16.1. The number of carbonyl (C=O) groups is 1. The Morgan fingerprint density at radius 1 is 1.00 bits per heavy atom. The fraction of sp³-hybridized carbons (Fsp3) is 0.120.